The summed E-state index contributed by atoms with van der Waals surface area (Å²) in [5, 5.41) is 101. The lowest BCUT2D eigenvalue weighted by Gasteiger charge is -2.11. The molecule has 0 aliphatic heterocycles. The molecule has 0 spiro atoms. The van der Waals surface area contributed by atoms with E-state index in [0.717, 1.165) is 6.07 Å². The van der Waals surface area contributed by atoms with E-state index in [-0.39, 0.29) is 0 Å². The number of nitro benzene ring substituents is 7. The topological polar surface area (TPSA) is 380 Å². The van der Waals surface area contributed by atoms with E-state index in [1.54, 1.807) is 0 Å². The van der Waals surface area contributed by atoms with Gasteiger partial charge in [-0.2, -0.15) is 0 Å². The fourth-order valence-corrected chi connectivity index (χ4v) is 6.97. The molecule has 0 atom stereocenters. The van der Waals surface area contributed by atoms with Gasteiger partial charge in [-0.05, 0) is 6.07 Å². The van der Waals surface area contributed by atoms with Crippen LogP contribution in [0.1, 0.15) is 22.3 Å². The van der Waals surface area contributed by atoms with Gasteiger partial charge in [-0.3, -0.25) is 90.8 Å². The van der Waals surface area contributed by atoms with Gasteiger partial charge in [0.2, 0.25) is 10.9 Å². The van der Waals surface area contributed by atoms with E-state index in [9.17, 15) is 90.8 Å². The molecule has 278 valence electrons. The minimum atomic E-state index is -1.44. The van der Waals surface area contributed by atoms with Gasteiger partial charge in [0.05, 0.1) is 85.4 Å². The highest BCUT2D eigenvalue weighted by Gasteiger charge is 2.44. The molecule has 0 saturated carbocycles. The quantitative estimate of drug-likeness (QED) is 0.166. The molecule has 0 fully saturated rings. The van der Waals surface area contributed by atoms with Crippen LogP contribution < -0.4 is 26.5 Å². The first-order valence-corrected chi connectivity index (χ1v) is 14.8. The molecule has 5 aromatic rings. The van der Waals surface area contributed by atoms with Crippen LogP contribution in [0, 0.1) is 70.8 Å². The number of hydrogen-bond acceptors (Lipinski definition) is 19. The molecule has 0 heterocycles. The summed E-state index contributed by atoms with van der Waals surface area (Å²) in [4.78, 5) is 105. The summed E-state index contributed by atoms with van der Waals surface area (Å²) in [6.45, 7) is 0. The second kappa shape index (κ2) is 11.9. The Hall–Kier alpha value is -8.78. The van der Waals surface area contributed by atoms with Crippen LogP contribution in [0.25, 0.3) is 33.4 Å². The molecule has 0 bridgehead atoms. The average Bonchev–Trinajstić information content (AvgIpc) is 3.62. The van der Waals surface area contributed by atoms with E-state index < -0.39 is 162 Å². The van der Waals surface area contributed by atoms with Crippen LogP contribution in [-0.2, 0) is 0 Å². The number of nitro groups is 7. The molecule has 26 heteroatoms. The molecular formula is C30H10N8O18. The van der Waals surface area contributed by atoms with Gasteiger partial charge in [0, 0.05) is 57.7 Å². The minimum absolute atomic E-state index is 0.418. The molecule has 5 aromatic carbocycles. The zero-order valence-electron chi connectivity index (χ0n) is 26.6. The van der Waals surface area contributed by atoms with E-state index >= 15 is 0 Å². The van der Waals surface area contributed by atoms with Crippen LogP contribution in [-0.4, -0.2) is 44.9 Å². The van der Waals surface area contributed by atoms with Gasteiger partial charge in [-0.25, -0.2) is 0 Å². The first-order chi connectivity index (χ1) is 26.3. The van der Waals surface area contributed by atoms with E-state index in [1.165, 1.54) is 0 Å². The summed E-state index contributed by atoms with van der Waals surface area (Å²) in [7, 11) is 0. The zero-order chi connectivity index (χ0) is 41.0. The van der Waals surface area contributed by atoms with Crippen LogP contribution in [0.2, 0.25) is 0 Å². The molecule has 0 unspecified atom stereocenters. The SMILES string of the molecule is O=c1c(=C2c3cc(N(O)O)cc([N+](=O)[O-])c3-c3c2cc([N+](=O)[O-])cc3[N+](=O)[O-])c(=O)c1=C1c2cc([N+](=O)[O-])cc([N+](=O)[O-])c2-c2c1cc([N+](=O)[O-])cc2[N+](=O)[O-]. The smallest absolute Gasteiger partial charge is 0.284 e. The first kappa shape index (κ1) is 35.6. The van der Waals surface area contributed by atoms with E-state index in [2.05, 4.69) is 0 Å². The van der Waals surface area contributed by atoms with Crippen LogP contribution in [0.5, 0.6) is 0 Å². The highest BCUT2D eigenvalue weighted by atomic mass is 16.8. The fourth-order valence-electron chi connectivity index (χ4n) is 6.97. The summed E-state index contributed by atoms with van der Waals surface area (Å²) < 4.78 is 0. The van der Waals surface area contributed by atoms with Gasteiger partial charge in [-0.15, -0.1) is 5.23 Å². The third kappa shape index (κ3) is 4.84. The molecule has 7 rings (SSSR count). The Morgan fingerprint density at radius 2 is 0.661 bits per heavy atom. The Bertz CT molecular complexity index is 2940. The maximum atomic E-state index is 14.4. The predicted molar refractivity (Wildman–Crippen MR) is 180 cm³/mol. The van der Waals surface area contributed by atoms with Crippen molar-refractivity contribution in [1.29, 1.82) is 0 Å². The lowest BCUT2D eigenvalue weighted by molar-refractivity contribution is -0.395. The molecule has 56 heavy (non-hydrogen) atoms. The Kier molecular flexibility index (Phi) is 7.55. The summed E-state index contributed by atoms with van der Waals surface area (Å²) >= 11 is 0. The first-order valence-electron chi connectivity index (χ1n) is 14.8. The van der Waals surface area contributed by atoms with E-state index in [0.29, 0.717) is 42.5 Å². The molecule has 0 amide bonds. The average molecular weight is 770 g/mol. The number of nitrogens with zero attached hydrogens (tertiary/aromatic N) is 8. The van der Waals surface area contributed by atoms with Crippen molar-refractivity contribution in [3.63, 3.8) is 0 Å². The second-order valence-electron chi connectivity index (χ2n) is 11.8. The standard InChI is InChI=1S/C30H10N8O18/c39-29-27(21-13-1-9(31(41)42)5-17(35(49)50)23(13)24-14(21)2-10(32(43)44)6-18(24)36(51)52)30(40)28(29)22-15-3-11(33(45)46)7-19(37(53)54)25(15)26-16(22)4-12(34(47)48)8-20(26)38(55)56/h1-8,41-42H. The molecule has 26 nitrogen and oxygen atoms in total. The van der Waals surface area contributed by atoms with Crippen molar-refractivity contribution in [2.75, 3.05) is 5.23 Å². The minimum Gasteiger partial charge on any atom is -0.288 e. The maximum absolute atomic E-state index is 14.4. The van der Waals surface area contributed by atoms with Crippen LogP contribution in [0.3, 0.4) is 0 Å². The van der Waals surface area contributed by atoms with Gasteiger partial charge in [0.15, 0.2) is 0 Å². The number of rotatable bonds is 8. The molecule has 2 aliphatic rings. The molecular weight excluding hydrogens is 760 g/mol. The number of non-ortho nitro benzene ring substituents is 3. The maximum Gasteiger partial charge on any atom is 0.284 e. The number of fused-ring (bicyclic) bond motifs is 6. The van der Waals surface area contributed by atoms with Crippen LogP contribution >= 0.6 is 0 Å². The highest BCUT2D eigenvalue weighted by molar-refractivity contribution is 6.10. The van der Waals surface area contributed by atoms with Crippen molar-refractivity contribution in [1.82, 2.24) is 0 Å². The Labute approximate surface area is 301 Å². The van der Waals surface area contributed by atoms with Crippen LogP contribution in [0.4, 0.5) is 45.5 Å². The second-order valence-corrected chi connectivity index (χ2v) is 11.8. The van der Waals surface area contributed by atoms with Gasteiger partial charge < -0.3 is 0 Å². The summed E-state index contributed by atoms with van der Waals surface area (Å²) in [5.74, 6) is 0. The normalized spacial score (nSPS) is 12.1. The summed E-state index contributed by atoms with van der Waals surface area (Å²) in [6.07, 6.45) is 0. The van der Waals surface area contributed by atoms with Gasteiger partial charge >= 0.3 is 0 Å². The molecule has 0 aromatic heterocycles. The molecule has 0 radical (unpaired) electrons. The Balaban J connectivity index is 1.76. The van der Waals surface area contributed by atoms with Crippen molar-refractivity contribution in [3.05, 3.63) is 172 Å². The Morgan fingerprint density at radius 3 is 0.911 bits per heavy atom. The van der Waals surface area contributed by atoms with E-state index in [1.807, 2.05) is 0 Å². The molecule has 2 N–H and O–H groups in total. The van der Waals surface area contributed by atoms with Gasteiger partial charge in [-0.1, -0.05) is 0 Å². The monoisotopic (exact) mass is 770 g/mol. The lowest BCUT2D eigenvalue weighted by Crippen LogP contribution is -2.66. The summed E-state index contributed by atoms with van der Waals surface area (Å²) in [6, 6.07) is 4.40. The Morgan fingerprint density at radius 1 is 0.393 bits per heavy atom. The van der Waals surface area contributed by atoms with Crippen molar-refractivity contribution >= 4 is 56.6 Å². The van der Waals surface area contributed by atoms with Crippen molar-refractivity contribution in [3.8, 4) is 22.3 Å². The largest absolute Gasteiger partial charge is 0.288 e. The van der Waals surface area contributed by atoms with E-state index in [4.69, 9.17) is 0 Å². The third-order valence-corrected chi connectivity index (χ3v) is 9.04. The van der Waals surface area contributed by atoms with Gasteiger partial charge in [0.1, 0.15) is 5.69 Å². The summed E-state index contributed by atoms with van der Waals surface area (Å²) in [5.41, 5.74) is -18.3. The third-order valence-electron chi connectivity index (χ3n) is 9.04. The van der Waals surface area contributed by atoms with Crippen molar-refractivity contribution < 1.29 is 44.9 Å². The predicted octanol–water partition coefficient (Wildman–Crippen LogP) is 2.68. The highest BCUT2D eigenvalue weighted by Crippen LogP contribution is 2.55. The molecule has 0 saturated heterocycles. The lowest BCUT2D eigenvalue weighted by atomic mass is 9.92. The number of anilines is 1. The molecule has 2 aliphatic carbocycles. The number of hydrogen-bond donors (Lipinski definition) is 2. The van der Waals surface area contributed by atoms with Gasteiger partial charge in [0.25, 0.3) is 39.8 Å². The van der Waals surface area contributed by atoms with Crippen molar-refractivity contribution in [2.45, 2.75) is 0 Å². The number of benzene rings is 4. The fraction of sp³-hybridized carbons (Fsp3) is 0. The van der Waals surface area contributed by atoms with Crippen molar-refractivity contribution in [2.24, 2.45) is 0 Å². The van der Waals surface area contributed by atoms with Crippen LogP contribution in [0.15, 0.2) is 58.1 Å². The zero-order valence-corrected chi connectivity index (χ0v) is 26.6.